The summed E-state index contributed by atoms with van der Waals surface area (Å²) in [6, 6.07) is 2.21. The van der Waals surface area contributed by atoms with E-state index in [-0.39, 0.29) is 6.04 Å². The summed E-state index contributed by atoms with van der Waals surface area (Å²) in [7, 11) is -2.64. The summed E-state index contributed by atoms with van der Waals surface area (Å²) in [5.41, 5.74) is -0.484. The van der Waals surface area contributed by atoms with Gasteiger partial charge in [-0.3, -0.25) is 10.1 Å². The topological polar surface area (TPSA) is 80.5 Å². The van der Waals surface area contributed by atoms with Gasteiger partial charge in [0.2, 0.25) is 10.0 Å². The molecule has 0 N–H and O–H groups in total. The largest absolute Gasteiger partial charge is 0.272 e. The van der Waals surface area contributed by atoms with E-state index < -0.39 is 31.3 Å². The molecule has 0 saturated carbocycles. The summed E-state index contributed by atoms with van der Waals surface area (Å²) in [5.74, 6) is -1.12. The van der Waals surface area contributed by atoms with Gasteiger partial charge in [0, 0.05) is 19.2 Å². The van der Waals surface area contributed by atoms with Crippen molar-refractivity contribution in [3.63, 3.8) is 0 Å². The number of halogens is 1. The van der Waals surface area contributed by atoms with Crippen LogP contribution in [0.25, 0.3) is 0 Å². The Hall–Kier alpha value is -1.54. The molecule has 0 fully saturated rings. The molecule has 0 aliphatic carbocycles. The van der Waals surface area contributed by atoms with Crippen molar-refractivity contribution in [3.05, 3.63) is 34.1 Å². The number of nitro groups is 1. The van der Waals surface area contributed by atoms with Crippen LogP contribution in [-0.4, -0.2) is 30.7 Å². The third-order valence-electron chi connectivity index (χ3n) is 2.99. The van der Waals surface area contributed by atoms with E-state index in [9.17, 15) is 22.9 Å². The highest BCUT2D eigenvalue weighted by Crippen LogP contribution is 2.24. The molecule has 1 aromatic carbocycles. The average molecular weight is 290 g/mol. The molecule has 0 aromatic heterocycles. The SMILES string of the molecule is CC[C@H](C)N(C)S(=O)(=O)c1ccc([N+](=O)[O-])cc1F. The summed E-state index contributed by atoms with van der Waals surface area (Å²) < 4.78 is 39.1. The van der Waals surface area contributed by atoms with Crippen molar-refractivity contribution < 1.29 is 17.7 Å². The summed E-state index contributed by atoms with van der Waals surface area (Å²) in [6.45, 7) is 3.50. The van der Waals surface area contributed by atoms with Crippen LogP contribution in [0.15, 0.2) is 23.1 Å². The maximum Gasteiger partial charge on any atom is 0.272 e. The zero-order chi connectivity index (χ0) is 14.8. The number of benzene rings is 1. The summed E-state index contributed by atoms with van der Waals surface area (Å²) in [5, 5.41) is 10.5. The first-order valence-corrected chi connectivity index (χ1v) is 7.07. The van der Waals surface area contributed by atoms with Gasteiger partial charge in [0.05, 0.1) is 11.0 Å². The van der Waals surface area contributed by atoms with Crippen molar-refractivity contribution in [1.29, 1.82) is 0 Å². The van der Waals surface area contributed by atoms with Crippen molar-refractivity contribution in [1.82, 2.24) is 4.31 Å². The van der Waals surface area contributed by atoms with Gasteiger partial charge in [0.1, 0.15) is 10.7 Å². The Kier molecular flexibility index (Phi) is 4.59. The number of nitro benzene ring substituents is 1. The molecule has 1 aromatic rings. The van der Waals surface area contributed by atoms with Crippen LogP contribution in [0.4, 0.5) is 10.1 Å². The van der Waals surface area contributed by atoms with E-state index in [0.717, 1.165) is 16.4 Å². The second-order valence-electron chi connectivity index (χ2n) is 4.15. The Bertz CT molecular complexity index is 588. The van der Waals surface area contributed by atoms with Crippen molar-refractivity contribution >= 4 is 15.7 Å². The van der Waals surface area contributed by atoms with E-state index in [2.05, 4.69) is 0 Å². The molecule has 0 radical (unpaired) electrons. The second kappa shape index (κ2) is 5.62. The Balaban J connectivity index is 3.27. The number of hydrogen-bond donors (Lipinski definition) is 0. The van der Waals surface area contributed by atoms with Gasteiger partial charge in [-0.1, -0.05) is 6.92 Å². The minimum Gasteiger partial charge on any atom is -0.258 e. The van der Waals surface area contributed by atoms with Crippen molar-refractivity contribution in [2.75, 3.05) is 7.05 Å². The zero-order valence-corrected chi connectivity index (χ0v) is 11.6. The fraction of sp³-hybridized carbons (Fsp3) is 0.455. The zero-order valence-electron chi connectivity index (χ0n) is 10.8. The van der Waals surface area contributed by atoms with Gasteiger partial charge < -0.3 is 0 Å². The fourth-order valence-corrected chi connectivity index (χ4v) is 2.94. The van der Waals surface area contributed by atoms with Crippen LogP contribution in [0.1, 0.15) is 20.3 Å². The maximum absolute atomic E-state index is 13.7. The summed E-state index contributed by atoms with van der Waals surface area (Å²) in [6.07, 6.45) is 0.574. The Labute approximate surface area is 111 Å². The Morgan fingerprint density at radius 3 is 2.47 bits per heavy atom. The highest BCUT2D eigenvalue weighted by atomic mass is 32.2. The van der Waals surface area contributed by atoms with Gasteiger partial charge in [-0.15, -0.1) is 0 Å². The highest BCUT2D eigenvalue weighted by Gasteiger charge is 2.28. The number of hydrogen-bond acceptors (Lipinski definition) is 4. The third kappa shape index (κ3) is 3.07. The molecule has 0 aliphatic heterocycles. The van der Waals surface area contributed by atoms with E-state index in [4.69, 9.17) is 0 Å². The lowest BCUT2D eigenvalue weighted by atomic mass is 10.3. The molecule has 8 heteroatoms. The highest BCUT2D eigenvalue weighted by molar-refractivity contribution is 7.89. The molecule has 0 spiro atoms. The Morgan fingerprint density at radius 2 is 2.05 bits per heavy atom. The van der Waals surface area contributed by atoms with E-state index in [1.54, 1.807) is 6.92 Å². The molecule has 1 rings (SSSR count). The molecule has 106 valence electrons. The molecule has 19 heavy (non-hydrogen) atoms. The molecule has 0 amide bonds. The van der Waals surface area contributed by atoms with Gasteiger partial charge in [0.15, 0.2) is 0 Å². The van der Waals surface area contributed by atoms with E-state index in [1.165, 1.54) is 7.05 Å². The number of sulfonamides is 1. The normalized spacial score (nSPS) is 13.5. The first-order chi connectivity index (χ1) is 8.71. The molecule has 0 aliphatic rings. The van der Waals surface area contributed by atoms with E-state index >= 15 is 0 Å². The van der Waals surface area contributed by atoms with Crippen LogP contribution in [0.3, 0.4) is 0 Å². The lowest BCUT2D eigenvalue weighted by molar-refractivity contribution is -0.385. The molecule has 6 nitrogen and oxygen atoms in total. The van der Waals surface area contributed by atoms with Crippen LogP contribution in [0.2, 0.25) is 0 Å². The smallest absolute Gasteiger partial charge is 0.258 e. The van der Waals surface area contributed by atoms with Crippen molar-refractivity contribution in [3.8, 4) is 0 Å². The van der Waals surface area contributed by atoms with Crippen LogP contribution < -0.4 is 0 Å². The quantitative estimate of drug-likeness (QED) is 0.614. The van der Waals surface area contributed by atoms with Gasteiger partial charge in [-0.25, -0.2) is 12.8 Å². The van der Waals surface area contributed by atoms with Gasteiger partial charge in [-0.2, -0.15) is 4.31 Å². The number of rotatable bonds is 5. The maximum atomic E-state index is 13.7. The van der Waals surface area contributed by atoms with Crippen LogP contribution in [-0.2, 0) is 10.0 Å². The van der Waals surface area contributed by atoms with E-state index in [1.807, 2.05) is 6.92 Å². The second-order valence-corrected chi connectivity index (χ2v) is 6.12. The van der Waals surface area contributed by atoms with Gasteiger partial charge in [-0.05, 0) is 19.4 Å². The first kappa shape index (κ1) is 15.5. The standard InChI is InChI=1S/C11H15FN2O4S/c1-4-8(2)13(3)19(17,18)11-6-5-9(14(15)16)7-10(11)12/h5-8H,4H2,1-3H3/t8-/m0/s1. The minimum absolute atomic E-state index is 0.292. The minimum atomic E-state index is -3.99. The summed E-state index contributed by atoms with van der Waals surface area (Å²) >= 11 is 0. The third-order valence-corrected chi connectivity index (χ3v) is 5.00. The molecule has 0 heterocycles. The molecule has 0 unspecified atom stereocenters. The molecule has 1 atom stereocenters. The average Bonchev–Trinajstić information content (AvgIpc) is 2.36. The molecule has 0 bridgehead atoms. The fourth-order valence-electron chi connectivity index (χ4n) is 1.46. The summed E-state index contributed by atoms with van der Waals surface area (Å²) in [4.78, 5) is 9.15. The first-order valence-electron chi connectivity index (χ1n) is 5.63. The molecule has 0 saturated heterocycles. The van der Waals surface area contributed by atoms with Crippen molar-refractivity contribution in [2.45, 2.75) is 31.2 Å². The van der Waals surface area contributed by atoms with Crippen LogP contribution in [0.5, 0.6) is 0 Å². The lowest BCUT2D eigenvalue weighted by Gasteiger charge is -2.23. The Morgan fingerprint density at radius 1 is 1.47 bits per heavy atom. The molecular formula is C11H15FN2O4S. The monoisotopic (exact) mass is 290 g/mol. The van der Waals surface area contributed by atoms with E-state index in [0.29, 0.717) is 12.5 Å². The van der Waals surface area contributed by atoms with Crippen molar-refractivity contribution in [2.24, 2.45) is 0 Å². The predicted octanol–water partition coefficient (Wildman–Crippen LogP) is 2.15. The lowest BCUT2D eigenvalue weighted by Crippen LogP contribution is -2.35. The van der Waals surface area contributed by atoms with Gasteiger partial charge in [0.25, 0.3) is 5.69 Å². The number of nitrogens with zero attached hydrogens (tertiary/aromatic N) is 2. The molecular weight excluding hydrogens is 275 g/mol. The van der Waals surface area contributed by atoms with Crippen LogP contribution >= 0.6 is 0 Å². The van der Waals surface area contributed by atoms with Gasteiger partial charge >= 0.3 is 0 Å². The number of non-ortho nitro benzene ring substituents is 1. The van der Waals surface area contributed by atoms with Crippen LogP contribution in [0, 0.1) is 15.9 Å². The predicted molar refractivity (Wildman–Crippen MR) is 67.8 cm³/mol.